The van der Waals surface area contributed by atoms with E-state index in [0.29, 0.717) is 11.1 Å². The van der Waals surface area contributed by atoms with Gasteiger partial charge in [-0.1, -0.05) is 19.1 Å². The molecule has 10 heteroatoms. The molecule has 10 nitrogen and oxygen atoms in total. The van der Waals surface area contributed by atoms with Crippen LogP contribution in [0.4, 0.5) is 0 Å². The van der Waals surface area contributed by atoms with E-state index in [1.54, 1.807) is 25.1 Å². The lowest BCUT2D eigenvalue weighted by Gasteiger charge is -2.50. The molecule has 2 amide bonds. The summed E-state index contributed by atoms with van der Waals surface area (Å²) in [7, 11) is 3.91. The van der Waals surface area contributed by atoms with Gasteiger partial charge in [-0.25, -0.2) is 0 Å². The molecule has 2 aliphatic heterocycles. The number of aliphatic hydroxyl groups excluding tert-OH is 2. The minimum atomic E-state index is -1.31. The Kier molecular flexibility index (Phi) is 5.82. The highest BCUT2D eigenvalue weighted by Gasteiger charge is 2.53. The first-order valence-corrected chi connectivity index (χ1v) is 11.5. The third kappa shape index (κ3) is 3.87. The molecule has 0 aromatic heterocycles. The number of nitrogens with one attached hydrogen (secondary N) is 2. The molecule has 0 spiro atoms. The van der Waals surface area contributed by atoms with E-state index in [1.807, 2.05) is 31.1 Å². The number of nitrogens with zero attached hydrogens (tertiary/aromatic N) is 1. The molecule has 1 saturated carbocycles. The Hall–Kier alpha value is -3.34. The molecule has 35 heavy (non-hydrogen) atoms. The number of ether oxygens (including phenoxy) is 2. The van der Waals surface area contributed by atoms with Gasteiger partial charge in [0.05, 0.1) is 17.7 Å². The Labute approximate surface area is 202 Å². The molecule has 2 aromatic carbocycles. The normalized spacial score (nSPS) is 28.8. The Morgan fingerprint density at radius 1 is 1.17 bits per heavy atom. The predicted molar refractivity (Wildman–Crippen MR) is 124 cm³/mol. The quantitative estimate of drug-likeness (QED) is 0.425. The molecule has 1 fully saturated rings. The van der Waals surface area contributed by atoms with Gasteiger partial charge in [-0.05, 0) is 43.4 Å². The number of phenolic OH excluding ortho intramolecular Hbond substituents is 1. The number of amides is 2. The van der Waals surface area contributed by atoms with Crippen LogP contribution in [0.5, 0.6) is 17.2 Å². The van der Waals surface area contributed by atoms with Crippen LogP contribution in [0.2, 0.25) is 0 Å². The molecule has 3 aliphatic rings. The molecule has 186 valence electrons. The maximum absolute atomic E-state index is 13.2. The Morgan fingerprint density at radius 3 is 2.57 bits per heavy atom. The van der Waals surface area contributed by atoms with Crippen molar-refractivity contribution in [3.8, 4) is 17.2 Å². The first kappa shape index (κ1) is 23.4. The number of aliphatic hydroxyl groups is 2. The topological polar surface area (TPSA) is 141 Å². The summed E-state index contributed by atoms with van der Waals surface area (Å²) in [4.78, 5) is 28.2. The lowest BCUT2D eigenvalue weighted by atomic mass is 9.66. The summed E-state index contributed by atoms with van der Waals surface area (Å²) in [5.74, 6) is -2.07. The first-order chi connectivity index (χ1) is 16.7. The van der Waals surface area contributed by atoms with E-state index in [4.69, 9.17) is 9.47 Å². The summed E-state index contributed by atoms with van der Waals surface area (Å²) < 4.78 is 10.8. The van der Waals surface area contributed by atoms with Gasteiger partial charge in [0.15, 0.2) is 11.5 Å². The summed E-state index contributed by atoms with van der Waals surface area (Å²) in [5, 5.41) is 38.3. The van der Waals surface area contributed by atoms with Gasteiger partial charge in [-0.3, -0.25) is 9.59 Å². The van der Waals surface area contributed by atoms with Crippen LogP contribution in [0.25, 0.3) is 0 Å². The zero-order valence-electron chi connectivity index (χ0n) is 19.7. The molecule has 2 heterocycles. The monoisotopic (exact) mass is 483 g/mol. The third-order valence-corrected chi connectivity index (χ3v) is 7.16. The highest BCUT2D eigenvalue weighted by atomic mass is 16.7. The smallest absolute Gasteiger partial charge is 0.255 e. The summed E-state index contributed by atoms with van der Waals surface area (Å²) >= 11 is 0. The average Bonchev–Trinajstić information content (AvgIpc) is 3.29. The summed E-state index contributed by atoms with van der Waals surface area (Å²) in [5.41, 5.74) is 1.88. The van der Waals surface area contributed by atoms with Crippen LogP contribution in [0, 0.1) is 5.92 Å². The van der Waals surface area contributed by atoms with Crippen molar-refractivity contribution in [2.24, 2.45) is 5.92 Å². The van der Waals surface area contributed by atoms with Crippen molar-refractivity contribution < 1.29 is 34.4 Å². The zero-order valence-corrected chi connectivity index (χ0v) is 19.7. The molecule has 5 N–H and O–H groups in total. The lowest BCUT2D eigenvalue weighted by Crippen LogP contribution is -2.67. The van der Waals surface area contributed by atoms with E-state index in [2.05, 4.69) is 10.6 Å². The van der Waals surface area contributed by atoms with Crippen LogP contribution in [-0.2, 0) is 6.54 Å². The SMILES string of the molecule is C[C@@H]1[C@H](O)[C@@H](O)[C@H](NC(=O)c2ccc(CN(C)C)cc2)[C@@H]2c3cc4c(c(O)c3C(=O)N[C@@H]12)OCO4. The number of hydrogen-bond donors (Lipinski definition) is 5. The minimum Gasteiger partial charge on any atom is -0.504 e. The van der Waals surface area contributed by atoms with Crippen LogP contribution in [0.1, 0.15) is 44.7 Å². The number of rotatable bonds is 4. The maximum Gasteiger partial charge on any atom is 0.255 e. The maximum atomic E-state index is 13.2. The van der Waals surface area contributed by atoms with Crippen molar-refractivity contribution in [1.29, 1.82) is 0 Å². The van der Waals surface area contributed by atoms with E-state index in [0.717, 1.165) is 12.1 Å². The molecular formula is C25H29N3O7. The Bertz CT molecular complexity index is 1170. The highest BCUT2D eigenvalue weighted by Crippen LogP contribution is 2.50. The number of phenols is 1. The molecular weight excluding hydrogens is 454 g/mol. The van der Waals surface area contributed by atoms with Crippen molar-refractivity contribution in [3.05, 3.63) is 52.6 Å². The van der Waals surface area contributed by atoms with E-state index < -0.39 is 47.9 Å². The number of benzene rings is 2. The van der Waals surface area contributed by atoms with Crippen molar-refractivity contribution in [2.45, 2.75) is 43.7 Å². The van der Waals surface area contributed by atoms with Gasteiger partial charge in [-0.2, -0.15) is 0 Å². The summed E-state index contributed by atoms with van der Waals surface area (Å²) in [6.07, 6.45) is -2.49. The molecule has 0 radical (unpaired) electrons. The van der Waals surface area contributed by atoms with Crippen molar-refractivity contribution in [1.82, 2.24) is 15.5 Å². The van der Waals surface area contributed by atoms with Gasteiger partial charge >= 0.3 is 0 Å². The second kappa shape index (κ2) is 8.71. The van der Waals surface area contributed by atoms with Gasteiger partial charge in [-0.15, -0.1) is 0 Å². The molecule has 6 atom stereocenters. The molecule has 2 aromatic rings. The van der Waals surface area contributed by atoms with E-state index >= 15 is 0 Å². The second-order valence-corrected chi connectivity index (χ2v) is 9.72. The molecule has 0 saturated heterocycles. The van der Waals surface area contributed by atoms with Crippen LogP contribution >= 0.6 is 0 Å². The fourth-order valence-electron chi connectivity index (χ4n) is 5.41. The summed E-state index contributed by atoms with van der Waals surface area (Å²) in [6.45, 7) is 2.36. The predicted octanol–water partition coefficient (Wildman–Crippen LogP) is 0.548. The van der Waals surface area contributed by atoms with Crippen LogP contribution < -0.4 is 20.1 Å². The van der Waals surface area contributed by atoms with Gasteiger partial charge in [0.2, 0.25) is 12.5 Å². The van der Waals surface area contributed by atoms with Gasteiger partial charge < -0.3 is 40.3 Å². The molecule has 1 aliphatic carbocycles. The van der Waals surface area contributed by atoms with Crippen molar-refractivity contribution in [3.63, 3.8) is 0 Å². The van der Waals surface area contributed by atoms with Gasteiger partial charge in [0.25, 0.3) is 11.8 Å². The summed E-state index contributed by atoms with van der Waals surface area (Å²) in [6, 6.07) is 7.21. The first-order valence-electron chi connectivity index (χ1n) is 11.5. The molecule has 0 bridgehead atoms. The lowest BCUT2D eigenvalue weighted by molar-refractivity contribution is -0.0760. The second-order valence-electron chi connectivity index (χ2n) is 9.72. The van der Waals surface area contributed by atoms with Crippen LogP contribution in [0.15, 0.2) is 30.3 Å². The van der Waals surface area contributed by atoms with Gasteiger partial charge in [0.1, 0.15) is 6.10 Å². The average molecular weight is 484 g/mol. The number of carbonyl (C=O) groups is 2. The Balaban J connectivity index is 1.51. The van der Waals surface area contributed by atoms with Crippen LogP contribution in [0.3, 0.4) is 0 Å². The van der Waals surface area contributed by atoms with Crippen molar-refractivity contribution >= 4 is 11.8 Å². The minimum absolute atomic E-state index is 0.0126. The fourth-order valence-corrected chi connectivity index (χ4v) is 5.41. The van der Waals surface area contributed by atoms with E-state index in [-0.39, 0.29) is 29.6 Å². The largest absolute Gasteiger partial charge is 0.504 e. The van der Waals surface area contributed by atoms with E-state index in [1.165, 1.54) is 0 Å². The zero-order chi connectivity index (χ0) is 25.0. The molecule has 0 unspecified atom stereocenters. The fraction of sp³-hybridized carbons (Fsp3) is 0.440. The van der Waals surface area contributed by atoms with Gasteiger partial charge in [0, 0.05) is 30.0 Å². The number of fused-ring (bicyclic) bond motifs is 4. The standard InChI is InChI=1S/C25H29N3O7/c1-11-18-16(14-8-15-23(35-10-34-15)21(30)17(14)25(33)26-18)19(22(31)20(11)29)27-24(32)13-6-4-12(5-7-13)9-28(2)3/h4-8,11,16,18-20,22,29-31H,9-10H2,1-3H3,(H,26,33)(H,27,32)/t11-,16+,18-,19+,20-,22-/m0/s1. The number of carbonyl (C=O) groups excluding carboxylic acids is 2. The molecule has 5 rings (SSSR count). The third-order valence-electron chi connectivity index (χ3n) is 7.16. The van der Waals surface area contributed by atoms with Crippen LogP contribution in [-0.4, -0.2) is 77.2 Å². The highest BCUT2D eigenvalue weighted by molar-refractivity contribution is 6.02. The Morgan fingerprint density at radius 2 is 1.89 bits per heavy atom. The van der Waals surface area contributed by atoms with Crippen molar-refractivity contribution in [2.75, 3.05) is 20.9 Å². The van der Waals surface area contributed by atoms with E-state index in [9.17, 15) is 24.9 Å². The number of hydrogen-bond acceptors (Lipinski definition) is 8. The number of aromatic hydroxyl groups is 1.